The van der Waals surface area contributed by atoms with Crippen LogP contribution in [0.4, 0.5) is 10.2 Å². The van der Waals surface area contributed by atoms with Gasteiger partial charge in [0.1, 0.15) is 17.4 Å². The molecule has 84 valence electrons. The predicted molar refractivity (Wildman–Crippen MR) is 58.7 cm³/mol. The van der Waals surface area contributed by atoms with Gasteiger partial charge in [-0.1, -0.05) is 0 Å². The first-order chi connectivity index (χ1) is 7.66. The molecule has 1 aromatic heterocycles. The summed E-state index contributed by atoms with van der Waals surface area (Å²) in [5.41, 5.74) is 0.509. The summed E-state index contributed by atoms with van der Waals surface area (Å²) >= 11 is 0. The fourth-order valence-corrected chi connectivity index (χ4v) is 1.52. The molecule has 0 aliphatic heterocycles. The Morgan fingerprint density at radius 3 is 2.94 bits per heavy atom. The number of hydrogen-bond acceptors (Lipinski definition) is 3. The van der Waals surface area contributed by atoms with Crippen molar-refractivity contribution in [3.05, 3.63) is 41.8 Å². The lowest BCUT2D eigenvalue weighted by Crippen LogP contribution is -2.07. The van der Waals surface area contributed by atoms with Crippen LogP contribution in [-0.4, -0.2) is 15.3 Å². The van der Waals surface area contributed by atoms with Crippen LogP contribution in [0.15, 0.2) is 30.5 Å². The smallest absolute Gasteiger partial charge is 0.123 e. The Balaban J connectivity index is 2.20. The number of aromatic hydroxyl groups is 1. The minimum Gasteiger partial charge on any atom is -0.508 e. The highest BCUT2D eigenvalue weighted by molar-refractivity contribution is 5.41. The van der Waals surface area contributed by atoms with E-state index in [1.165, 1.54) is 18.2 Å². The van der Waals surface area contributed by atoms with Crippen molar-refractivity contribution in [3.63, 3.8) is 0 Å². The Kier molecular flexibility index (Phi) is 2.76. The molecule has 0 amide bonds. The summed E-state index contributed by atoms with van der Waals surface area (Å²) in [6.45, 7) is 1.83. The molecule has 1 aromatic carbocycles. The second kappa shape index (κ2) is 4.22. The van der Waals surface area contributed by atoms with E-state index in [4.69, 9.17) is 0 Å². The summed E-state index contributed by atoms with van der Waals surface area (Å²) in [4.78, 5) is 0. The van der Waals surface area contributed by atoms with E-state index in [2.05, 4.69) is 15.5 Å². The van der Waals surface area contributed by atoms with E-state index in [0.29, 0.717) is 5.56 Å². The Labute approximate surface area is 92.1 Å². The molecular weight excluding hydrogens is 209 g/mol. The normalized spacial score (nSPS) is 12.4. The monoisotopic (exact) mass is 221 g/mol. The number of rotatable bonds is 3. The number of nitrogens with one attached hydrogen (secondary N) is 2. The lowest BCUT2D eigenvalue weighted by Gasteiger charge is -2.15. The van der Waals surface area contributed by atoms with Gasteiger partial charge in [0.15, 0.2) is 0 Å². The van der Waals surface area contributed by atoms with Crippen molar-refractivity contribution in [1.82, 2.24) is 10.2 Å². The molecule has 0 radical (unpaired) electrons. The Hall–Kier alpha value is -2.04. The number of phenolic OH excluding ortho intramolecular Hbond substituents is 1. The molecule has 1 unspecified atom stereocenters. The highest BCUT2D eigenvalue weighted by Crippen LogP contribution is 2.26. The van der Waals surface area contributed by atoms with Crippen LogP contribution in [0.5, 0.6) is 5.75 Å². The Bertz CT molecular complexity index is 470. The molecule has 0 bridgehead atoms. The molecule has 5 heteroatoms. The van der Waals surface area contributed by atoms with E-state index in [0.717, 1.165) is 5.82 Å². The molecule has 2 aromatic rings. The van der Waals surface area contributed by atoms with Crippen LogP contribution in [0, 0.1) is 5.82 Å². The third-order valence-electron chi connectivity index (χ3n) is 2.33. The van der Waals surface area contributed by atoms with Gasteiger partial charge in [0.2, 0.25) is 0 Å². The van der Waals surface area contributed by atoms with Crippen molar-refractivity contribution >= 4 is 5.82 Å². The van der Waals surface area contributed by atoms with Crippen molar-refractivity contribution in [3.8, 4) is 5.75 Å². The van der Waals surface area contributed by atoms with Crippen LogP contribution >= 0.6 is 0 Å². The number of halogens is 1. The summed E-state index contributed by atoms with van der Waals surface area (Å²) in [7, 11) is 0. The van der Waals surface area contributed by atoms with Crippen molar-refractivity contribution in [1.29, 1.82) is 0 Å². The van der Waals surface area contributed by atoms with Gasteiger partial charge >= 0.3 is 0 Å². The molecular formula is C11H12FN3O. The molecule has 1 atom stereocenters. The molecule has 16 heavy (non-hydrogen) atoms. The third-order valence-corrected chi connectivity index (χ3v) is 2.33. The number of phenols is 1. The summed E-state index contributed by atoms with van der Waals surface area (Å²) in [5.74, 6) is 0.420. The second-order valence-corrected chi connectivity index (χ2v) is 3.54. The zero-order chi connectivity index (χ0) is 11.5. The number of nitrogens with zero attached hydrogens (tertiary/aromatic N) is 1. The van der Waals surface area contributed by atoms with Gasteiger partial charge < -0.3 is 10.4 Å². The summed E-state index contributed by atoms with van der Waals surface area (Å²) in [6.07, 6.45) is 1.61. The van der Waals surface area contributed by atoms with E-state index >= 15 is 0 Å². The molecule has 4 nitrogen and oxygen atoms in total. The van der Waals surface area contributed by atoms with Gasteiger partial charge in [0.05, 0.1) is 12.2 Å². The molecule has 1 heterocycles. The average molecular weight is 221 g/mol. The van der Waals surface area contributed by atoms with E-state index < -0.39 is 0 Å². The van der Waals surface area contributed by atoms with Crippen LogP contribution in [0.2, 0.25) is 0 Å². The van der Waals surface area contributed by atoms with Gasteiger partial charge in [-0.25, -0.2) is 4.39 Å². The minimum absolute atomic E-state index is 0.0703. The lowest BCUT2D eigenvalue weighted by atomic mass is 10.1. The summed E-state index contributed by atoms with van der Waals surface area (Å²) < 4.78 is 13.0. The zero-order valence-electron chi connectivity index (χ0n) is 8.74. The van der Waals surface area contributed by atoms with Crippen molar-refractivity contribution in [2.45, 2.75) is 13.0 Å². The molecule has 0 spiro atoms. The maximum atomic E-state index is 13.0. The van der Waals surface area contributed by atoms with E-state index in [1.54, 1.807) is 12.3 Å². The number of hydrogen-bond donors (Lipinski definition) is 3. The lowest BCUT2D eigenvalue weighted by molar-refractivity contribution is 0.462. The Morgan fingerprint density at radius 1 is 1.44 bits per heavy atom. The number of anilines is 1. The van der Waals surface area contributed by atoms with E-state index in [1.807, 2.05) is 6.92 Å². The summed E-state index contributed by atoms with van der Waals surface area (Å²) in [6, 6.07) is 5.42. The first-order valence-electron chi connectivity index (χ1n) is 4.91. The predicted octanol–water partition coefficient (Wildman–Crippen LogP) is 2.43. The molecule has 3 N–H and O–H groups in total. The molecule has 0 saturated heterocycles. The van der Waals surface area contributed by atoms with Crippen molar-refractivity contribution in [2.75, 3.05) is 5.32 Å². The number of benzene rings is 1. The second-order valence-electron chi connectivity index (χ2n) is 3.54. The van der Waals surface area contributed by atoms with Crippen LogP contribution < -0.4 is 5.32 Å². The van der Waals surface area contributed by atoms with Crippen LogP contribution in [0.1, 0.15) is 18.5 Å². The SMILES string of the molecule is CC(Nc1ccn[nH]1)c1cc(F)ccc1O. The highest BCUT2D eigenvalue weighted by Gasteiger charge is 2.11. The number of aromatic amines is 1. The molecule has 0 aliphatic rings. The van der Waals surface area contributed by atoms with E-state index in [-0.39, 0.29) is 17.6 Å². The first kappa shape index (κ1) is 10.5. The maximum Gasteiger partial charge on any atom is 0.123 e. The molecule has 0 fully saturated rings. The topological polar surface area (TPSA) is 60.9 Å². The fraction of sp³-hybridized carbons (Fsp3) is 0.182. The largest absolute Gasteiger partial charge is 0.508 e. The first-order valence-corrected chi connectivity index (χ1v) is 4.91. The quantitative estimate of drug-likeness (QED) is 0.746. The third kappa shape index (κ3) is 2.13. The van der Waals surface area contributed by atoms with Crippen molar-refractivity contribution in [2.24, 2.45) is 0 Å². The standard InChI is InChI=1S/C11H12FN3O/c1-7(14-11-4-5-13-15-11)9-6-8(12)2-3-10(9)16/h2-7,16H,1H3,(H2,13,14,15). The minimum atomic E-state index is -0.369. The van der Waals surface area contributed by atoms with Crippen molar-refractivity contribution < 1.29 is 9.50 Å². The number of H-pyrrole nitrogens is 1. The molecule has 2 rings (SSSR count). The zero-order valence-corrected chi connectivity index (χ0v) is 8.74. The molecule has 0 saturated carbocycles. The molecule has 0 aliphatic carbocycles. The van der Waals surface area contributed by atoms with Crippen LogP contribution in [-0.2, 0) is 0 Å². The maximum absolute atomic E-state index is 13.0. The fourth-order valence-electron chi connectivity index (χ4n) is 1.52. The van der Waals surface area contributed by atoms with Gasteiger partial charge in [-0.2, -0.15) is 5.10 Å². The highest BCUT2D eigenvalue weighted by atomic mass is 19.1. The van der Waals surface area contributed by atoms with Gasteiger partial charge in [-0.15, -0.1) is 0 Å². The van der Waals surface area contributed by atoms with Crippen LogP contribution in [0.3, 0.4) is 0 Å². The van der Waals surface area contributed by atoms with Gasteiger partial charge in [-0.3, -0.25) is 5.10 Å². The van der Waals surface area contributed by atoms with Gasteiger partial charge in [0.25, 0.3) is 0 Å². The Morgan fingerprint density at radius 2 is 2.25 bits per heavy atom. The van der Waals surface area contributed by atoms with Gasteiger partial charge in [0, 0.05) is 5.56 Å². The number of aromatic nitrogens is 2. The van der Waals surface area contributed by atoms with E-state index in [9.17, 15) is 9.50 Å². The average Bonchev–Trinajstić information content (AvgIpc) is 2.74. The van der Waals surface area contributed by atoms with Crippen LogP contribution in [0.25, 0.3) is 0 Å². The van der Waals surface area contributed by atoms with Gasteiger partial charge in [-0.05, 0) is 31.2 Å². The summed E-state index contributed by atoms with van der Waals surface area (Å²) in [5, 5.41) is 19.2.